The van der Waals surface area contributed by atoms with Crippen molar-refractivity contribution in [2.75, 3.05) is 5.73 Å². The molecule has 0 aliphatic heterocycles. The van der Waals surface area contributed by atoms with Crippen LogP contribution in [0.15, 0.2) is 36.4 Å². The van der Waals surface area contributed by atoms with Crippen molar-refractivity contribution < 1.29 is 19.8 Å². The highest BCUT2D eigenvalue weighted by Crippen LogP contribution is 2.26. The van der Waals surface area contributed by atoms with Crippen LogP contribution in [0.2, 0.25) is 0 Å². The van der Waals surface area contributed by atoms with Crippen LogP contribution in [0.25, 0.3) is 11.1 Å². The van der Waals surface area contributed by atoms with Gasteiger partial charge in [-0.3, -0.25) is 0 Å². The van der Waals surface area contributed by atoms with E-state index in [1.807, 2.05) is 0 Å². The minimum absolute atomic E-state index is 0.0679. The molecule has 5 nitrogen and oxygen atoms in total. The highest BCUT2D eigenvalue weighted by Gasteiger charge is 2.10. The molecule has 0 bridgehead atoms. The van der Waals surface area contributed by atoms with Crippen molar-refractivity contribution in [3.05, 3.63) is 53.1 Å². The van der Waals surface area contributed by atoms with E-state index in [0.717, 1.165) is 5.56 Å². The number of anilines is 1. The molecule has 2 aromatic carbocycles. The Bertz CT molecular complexity index is 646. The van der Waals surface area contributed by atoms with Gasteiger partial charge in [-0.15, -0.1) is 0 Å². The van der Waals surface area contributed by atoms with E-state index in [9.17, 15) is 9.59 Å². The molecule has 0 saturated carbocycles. The predicted molar refractivity (Wildman–Crippen MR) is 74.9 cm³/mol. The largest absolute Gasteiger partial charge is 0.478 e. The van der Waals surface area contributed by atoms with Crippen LogP contribution in [-0.2, 0) is 0 Å². The molecule has 0 aliphatic rings. The lowest BCUT2D eigenvalue weighted by Gasteiger charge is -2.08. The molecule has 0 aliphatic carbocycles. The van der Waals surface area contributed by atoms with Gasteiger partial charge in [0.05, 0.1) is 11.1 Å². The summed E-state index contributed by atoms with van der Waals surface area (Å²) < 4.78 is 0. The topological polar surface area (TPSA) is 101 Å². The summed E-state index contributed by atoms with van der Waals surface area (Å²) in [6.45, 7) is 1.78. The Morgan fingerprint density at radius 3 is 1.90 bits per heavy atom. The van der Waals surface area contributed by atoms with Crippen molar-refractivity contribution in [3.8, 4) is 11.1 Å². The monoisotopic (exact) mass is 271 g/mol. The van der Waals surface area contributed by atoms with Crippen LogP contribution < -0.4 is 5.73 Å². The van der Waals surface area contributed by atoms with Gasteiger partial charge in [-0.25, -0.2) is 9.59 Å². The van der Waals surface area contributed by atoms with Crippen LogP contribution >= 0.6 is 0 Å². The Morgan fingerprint density at radius 2 is 1.35 bits per heavy atom. The van der Waals surface area contributed by atoms with Gasteiger partial charge in [-0.2, -0.15) is 0 Å². The van der Waals surface area contributed by atoms with Crippen molar-refractivity contribution in [2.24, 2.45) is 0 Å². The number of nitrogen functional groups attached to an aromatic ring is 1. The summed E-state index contributed by atoms with van der Waals surface area (Å²) >= 11 is 0. The number of nitrogens with two attached hydrogens (primary N) is 1. The fraction of sp³-hybridized carbons (Fsp3) is 0.0667. The maximum absolute atomic E-state index is 11.1. The minimum atomic E-state index is -1.08. The molecule has 5 heteroatoms. The molecule has 0 unspecified atom stereocenters. The first-order valence-electron chi connectivity index (χ1n) is 5.86. The van der Waals surface area contributed by atoms with Crippen molar-refractivity contribution >= 4 is 17.6 Å². The van der Waals surface area contributed by atoms with Gasteiger partial charge in [-0.1, -0.05) is 6.07 Å². The second kappa shape index (κ2) is 5.05. The van der Waals surface area contributed by atoms with Gasteiger partial charge in [-0.05, 0) is 53.9 Å². The van der Waals surface area contributed by atoms with E-state index < -0.39 is 11.9 Å². The van der Waals surface area contributed by atoms with Crippen LogP contribution in [0, 0.1) is 6.92 Å². The molecule has 2 rings (SSSR count). The van der Waals surface area contributed by atoms with Crippen molar-refractivity contribution in [3.63, 3.8) is 0 Å². The van der Waals surface area contributed by atoms with E-state index in [2.05, 4.69) is 0 Å². The number of carbonyl (C=O) groups is 2. The van der Waals surface area contributed by atoms with Gasteiger partial charge in [0.1, 0.15) is 0 Å². The van der Waals surface area contributed by atoms with E-state index in [1.165, 1.54) is 18.2 Å². The van der Waals surface area contributed by atoms with Crippen molar-refractivity contribution in [1.82, 2.24) is 0 Å². The number of hydrogen-bond acceptors (Lipinski definition) is 3. The van der Waals surface area contributed by atoms with E-state index in [0.29, 0.717) is 16.8 Å². The molecule has 0 radical (unpaired) electrons. The summed E-state index contributed by atoms with van der Waals surface area (Å²) in [6, 6.07) is 9.28. The number of aryl methyl sites for hydroxylation is 1. The molecule has 0 atom stereocenters. The van der Waals surface area contributed by atoms with Crippen LogP contribution in [0.4, 0.5) is 5.69 Å². The molecule has 2 aromatic rings. The Kier molecular flexibility index (Phi) is 3.43. The number of aromatic carboxylic acids is 2. The highest BCUT2D eigenvalue weighted by molar-refractivity contribution is 5.93. The fourth-order valence-electron chi connectivity index (χ4n) is 2.02. The summed E-state index contributed by atoms with van der Waals surface area (Å²) in [5.74, 6) is -2.11. The summed E-state index contributed by atoms with van der Waals surface area (Å²) in [5.41, 5.74) is 8.21. The molecule has 0 saturated heterocycles. The summed E-state index contributed by atoms with van der Waals surface area (Å²) in [6.07, 6.45) is 0. The van der Waals surface area contributed by atoms with Crippen molar-refractivity contribution in [2.45, 2.75) is 6.92 Å². The molecule has 20 heavy (non-hydrogen) atoms. The fourth-order valence-corrected chi connectivity index (χ4v) is 2.02. The first-order chi connectivity index (χ1) is 9.36. The van der Waals surface area contributed by atoms with Crippen molar-refractivity contribution in [1.29, 1.82) is 0 Å². The first kappa shape index (κ1) is 13.6. The normalized spacial score (nSPS) is 10.2. The SMILES string of the molecule is Cc1cc(C(=O)O)cc(-c2cc(N)cc(C(=O)O)c2)c1. The third-order valence-corrected chi connectivity index (χ3v) is 2.86. The lowest BCUT2D eigenvalue weighted by molar-refractivity contribution is 0.0686. The maximum Gasteiger partial charge on any atom is 0.335 e. The van der Waals surface area contributed by atoms with E-state index in [-0.39, 0.29) is 11.1 Å². The quantitative estimate of drug-likeness (QED) is 0.745. The number of carboxylic acid groups (broad SMARTS) is 2. The smallest absolute Gasteiger partial charge is 0.335 e. The molecular formula is C15H13NO4. The number of hydrogen-bond donors (Lipinski definition) is 3. The van der Waals surface area contributed by atoms with Gasteiger partial charge in [0.25, 0.3) is 0 Å². The molecule has 0 amide bonds. The van der Waals surface area contributed by atoms with Crippen LogP contribution in [-0.4, -0.2) is 22.2 Å². The van der Waals surface area contributed by atoms with Crippen LogP contribution in [0.5, 0.6) is 0 Å². The van der Waals surface area contributed by atoms with Crippen LogP contribution in [0.1, 0.15) is 26.3 Å². The Hall–Kier alpha value is -2.82. The van der Waals surface area contributed by atoms with E-state index in [1.54, 1.807) is 25.1 Å². The third kappa shape index (κ3) is 2.77. The average molecular weight is 271 g/mol. The van der Waals surface area contributed by atoms with Gasteiger partial charge >= 0.3 is 11.9 Å². The standard InChI is InChI=1S/C15H13NO4/c1-8-2-9(4-11(3-8)14(17)18)10-5-12(15(19)20)7-13(16)6-10/h2-7H,16H2,1H3,(H,17,18)(H,19,20). The predicted octanol–water partition coefficient (Wildman–Crippen LogP) is 2.64. The highest BCUT2D eigenvalue weighted by atomic mass is 16.4. The zero-order chi connectivity index (χ0) is 14.9. The van der Waals surface area contributed by atoms with Gasteiger partial charge < -0.3 is 15.9 Å². The zero-order valence-corrected chi connectivity index (χ0v) is 10.8. The molecule has 0 spiro atoms. The van der Waals surface area contributed by atoms with Gasteiger partial charge in [0.2, 0.25) is 0 Å². The molecule has 102 valence electrons. The Balaban J connectivity index is 2.62. The first-order valence-corrected chi connectivity index (χ1v) is 5.86. The molecule has 0 fully saturated rings. The zero-order valence-electron chi connectivity index (χ0n) is 10.8. The average Bonchev–Trinajstić information content (AvgIpc) is 2.37. The summed E-state index contributed by atoms with van der Waals surface area (Å²) in [4.78, 5) is 22.1. The number of rotatable bonds is 3. The molecule has 0 aromatic heterocycles. The number of carboxylic acids is 2. The second-order valence-electron chi connectivity index (χ2n) is 4.54. The molecular weight excluding hydrogens is 258 g/mol. The molecule has 0 heterocycles. The van der Waals surface area contributed by atoms with E-state index >= 15 is 0 Å². The Labute approximate surface area is 115 Å². The lowest BCUT2D eigenvalue weighted by Crippen LogP contribution is -2.00. The second-order valence-corrected chi connectivity index (χ2v) is 4.54. The third-order valence-electron chi connectivity index (χ3n) is 2.86. The van der Waals surface area contributed by atoms with Gasteiger partial charge in [0.15, 0.2) is 0 Å². The minimum Gasteiger partial charge on any atom is -0.478 e. The Morgan fingerprint density at radius 1 is 0.850 bits per heavy atom. The van der Waals surface area contributed by atoms with Gasteiger partial charge in [0, 0.05) is 5.69 Å². The molecule has 4 N–H and O–H groups in total. The summed E-state index contributed by atoms with van der Waals surface area (Å²) in [7, 11) is 0. The van der Waals surface area contributed by atoms with Crippen LogP contribution in [0.3, 0.4) is 0 Å². The maximum atomic E-state index is 11.1. The lowest BCUT2D eigenvalue weighted by atomic mass is 9.98. The van der Waals surface area contributed by atoms with E-state index in [4.69, 9.17) is 15.9 Å². The summed E-state index contributed by atoms with van der Waals surface area (Å²) in [5, 5.41) is 18.1. The number of benzene rings is 2.